The Labute approximate surface area is 248 Å². The van der Waals surface area contributed by atoms with Crippen molar-refractivity contribution in [3.63, 3.8) is 0 Å². The Hall–Kier alpha value is -3.72. The Kier molecular flexibility index (Phi) is 10.7. The van der Waals surface area contributed by atoms with Gasteiger partial charge in [0.2, 0.25) is 21.8 Å². The smallest absolute Gasteiger partial charge is 0.244 e. The fourth-order valence-electron chi connectivity index (χ4n) is 5.40. The Morgan fingerprint density at radius 1 is 0.881 bits per heavy atom. The molecule has 42 heavy (non-hydrogen) atoms. The summed E-state index contributed by atoms with van der Waals surface area (Å²) in [5.74, 6) is -1.21. The van der Waals surface area contributed by atoms with E-state index in [1.54, 1.807) is 24.3 Å². The summed E-state index contributed by atoms with van der Waals surface area (Å²) < 4.78 is 40.7. The zero-order valence-corrected chi connectivity index (χ0v) is 25.2. The zero-order chi connectivity index (χ0) is 30.1. The van der Waals surface area contributed by atoms with Crippen LogP contribution in [0, 0.1) is 5.82 Å². The van der Waals surface area contributed by atoms with Crippen molar-refractivity contribution in [2.45, 2.75) is 70.5 Å². The van der Waals surface area contributed by atoms with Crippen LogP contribution in [0.15, 0.2) is 78.9 Å². The number of nitrogens with zero attached hydrogens (tertiary/aromatic N) is 2. The number of hydrogen-bond donors (Lipinski definition) is 1. The summed E-state index contributed by atoms with van der Waals surface area (Å²) in [6, 6.07) is 21.4. The van der Waals surface area contributed by atoms with Gasteiger partial charge in [0, 0.05) is 19.0 Å². The normalized spacial score (nSPS) is 14.6. The summed E-state index contributed by atoms with van der Waals surface area (Å²) in [6.45, 7) is 1.54. The molecule has 1 aliphatic carbocycles. The maximum absolute atomic E-state index is 14.2. The van der Waals surface area contributed by atoms with Crippen molar-refractivity contribution in [3.8, 4) is 0 Å². The van der Waals surface area contributed by atoms with Gasteiger partial charge in [0.15, 0.2) is 0 Å². The van der Waals surface area contributed by atoms with E-state index in [9.17, 15) is 22.4 Å². The lowest BCUT2D eigenvalue weighted by atomic mass is 9.94. The molecule has 7 nitrogen and oxygen atoms in total. The van der Waals surface area contributed by atoms with Crippen LogP contribution in [0.2, 0.25) is 0 Å². The van der Waals surface area contributed by atoms with Crippen molar-refractivity contribution >= 4 is 27.5 Å². The van der Waals surface area contributed by atoms with E-state index in [0.29, 0.717) is 11.3 Å². The van der Waals surface area contributed by atoms with E-state index >= 15 is 0 Å². The molecule has 0 spiro atoms. The van der Waals surface area contributed by atoms with Gasteiger partial charge in [-0.15, -0.1) is 0 Å². The van der Waals surface area contributed by atoms with Gasteiger partial charge < -0.3 is 10.2 Å². The number of nitrogens with one attached hydrogen (secondary N) is 1. The molecule has 1 saturated carbocycles. The van der Waals surface area contributed by atoms with Crippen molar-refractivity contribution < 1.29 is 22.4 Å². The molecular weight excluding hydrogens is 553 g/mol. The first-order valence-electron chi connectivity index (χ1n) is 14.6. The number of aryl methyl sites for hydroxylation is 1. The summed E-state index contributed by atoms with van der Waals surface area (Å²) in [5, 5.41) is 3.17. The Balaban J connectivity index is 1.70. The zero-order valence-electron chi connectivity index (χ0n) is 24.3. The molecule has 1 atom stereocenters. The summed E-state index contributed by atoms with van der Waals surface area (Å²) in [7, 11) is -3.84. The number of benzene rings is 3. The van der Waals surface area contributed by atoms with Gasteiger partial charge in [0.05, 0.1) is 11.9 Å². The molecule has 0 aromatic heterocycles. The number of rotatable bonds is 12. The SMILES string of the molecule is CCc1ccc(N(CC(=O)N(Cc2ccc(F)cc2)C(Cc2ccccc2)C(=O)NC2CCCCC2)S(C)(=O)=O)cc1. The third-order valence-electron chi connectivity index (χ3n) is 7.80. The Morgan fingerprint density at radius 3 is 2.10 bits per heavy atom. The number of sulfonamides is 1. The predicted octanol–water partition coefficient (Wildman–Crippen LogP) is 5.24. The van der Waals surface area contributed by atoms with E-state index < -0.39 is 34.3 Å². The van der Waals surface area contributed by atoms with E-state index in [-0.39, 0.29) is 24.9 Å². The standard InChI is InChI=1S/C33H40FN3O4S/c1-3-25-16-20-30(21-17-25)37(42(2,40)41)24-32(38)36(23-27-14-18-28(34)19-15-27)31(22-26-10-6-4-7-11-26)33(39)35-29-12-8-5-9-13-29/h4,6-7,10-11,14-21,29,31H,3,5,8-9,12-13,22-24H2,1-2H3,(H,35,39). The van der Waals surface area contributed by atoms with Crippen molar-refractivity contribution in [2.24, 2.45) is 0 Å². The van der Waals surface area contributed by atoms with E-state index in [4.69, 9.17) is 0 Å². The number of carbonyl (C=O) groups is 2. The topological polar surface area (TPSA) is 86.8 Å². The minimum Gasteiger partial charge on any atom is -0.352 e. The van der Waals surface area contributed by atoms with Crippen LogP contribution >= 0.6 is 0 Å². The van der Waals surface area contributed by atoms with Crippen LogP contribution in [0.1, 0.15) is 55.7 Å². The average Bonchev–Trinajstić information content (AvgIpc) is 2.99. The number of hydrogen-bond acceptors (Lipinski definition) is 4. The Bertz CT molecular complexity index is 1420. The van der Waals surface area contributed by atoms with Crippen LogP contribution in [0.3, 0.4) is 0 Å². The maximum atomic E-state index is 14.2. The lowest BCUT2D eigenvalue weighted by Gasteiger charge is -2.35. The summed E-state index contributed by atoms with van der Waals surface area (Å²) >= 11 is 0. The molecule has 3 aromatic rings. The fraction of sp³-hybridized carbons (Fsp3) is 0.394. The van der Waals surface area contributed by atoms with E-state index in [1.165, 1.54) is 17.0 Å². The third kappa shape index (κ3) is 8.64. The highest BCUT2D eigenvalue weighted by atomic mass is 32.2. The van der Waals surface area contributed by atoms with Crippen molar-refractivity contribution in [3.05, 3.63) is 101 Å². The first-order chi connectivity index (χ1) is 20.1. The van der Waals surface area contributed by atoms with Gasteiger partial charge in [-0.25, -0.2) is 12.8 Å². The van der Waals surface area contributed by atoms with Crippen molar-refractivity contribution in [2.75, 3.05) is 17.1 Å². The molecule has 0 heterocycles. The second-order valence-corrected chi connectivity index (χ2v) is 12.9. The van der Waals surface area contributed by atoms with E-state index in [2.05, 4.69) is 5.32 Å². The number of halogens is 1. The summed E-state index contributed by atoms with van der Waals surface area (Å²) in [4.78, 5) is 29.5. The molecule has 0 saturated heterocycles. The van der Waals surface area contributed by atoms with Crippen LogP contribution in [-0.4, -0.2) is 50.0 Å². The largest absolute Gasteiger partial charge is 0.352 e. The third-order valence-corrected chi connectivity index (χ3v) is 8.94. The number of amides is 2. The number of anilines is 1. The van der Waals surface area contributed by atoms with Crippen molar-refractivity contribution in [1.29, 1.82) is 0 Å². The minimum absolute atomic E-state index is 0.0150. The van der Waals surface area contributed by atoms with Gasteiger partial charge in [-0.3, -0.25) is 13.9 Å². The molecule has 1 fully saturated rings. The lowest BCUT2D eigenvalue weighted by Crippen LogP contribution is -2.55. The molecule has 0 radical (unpaired) electrons. The molecule has 1 unspecified atom stereocenters. The molecule has 9 heteroatoms. The molecule has 4 rings (SSSR count). The van der Waals surface area contributed by atoms with Crippen LogP contribution in [0.4, 0.5) is 10.1 Å². The summed E-state index contributed by atoms with van der Waals surface area (Å²) in [5.41, 5.74) is 2.91. The second-order valence-electron chi connectivity index (χ2n) is 11.0. The molecule has 1 aliphatic rings. The average molecular weight is 594 g/mol. The molecule has 0 bridgehead atoms. The van der Waals surface area contributed by atoms with Gasteiger partial charge in [-0.1, -0.05) is 80.8 Å². The second kappa shape index (κ2) is 14.4. The lowest BCUT2D eigenvalue weighted by molar-refractivity contribution is -0.140. The number of carbonyl (C=O) groups excluding carboxylic acids is 2. The molecular formula is C33H40FN3O4S. The highest BCUT2D eigenvalue weighted by Crippen LogP contribution is 2.23. The molecule has 2 amide bonds. The fourth-order valence-corrected chi connectivity index (χ4v) is 6.25. The molecule has 3 aromatic carbocycles. The first kappa shape index (κ1) is 31.2. The monoisotopic (exact) mass is 593 g/mol. The Morgan fingerprint density at radius 2 is 1.50 bits per heavy atom. The molecule has 1 N–H and O–H groups in total. The van der Waals surface area contributed by atoms with E-state index in [0.717, 1.165) is 60.2 Å². The van der Waals surface area contributed by atoms with Crippen LogP contribution in [-0.2, 0) is 39.0 Å². The van der Waals surface area contributed by atoms with Crippen LogP contribution in [0.25, 0.3) is 0 Å². The van der Waals surface area contributed by atoms with Gasteiger partial charge >= 0.3 is 0 Å². The first-order valence-corrected chi connectivity index (χ1v) is 16.4. The van der Waals surface area contributed by atoms with Crippen molar-refractivity contribution in [1.82, 2.24) is 10.2 Å². The highest BCUT2D eigenvalue weighted by Gasteiger charge is 2.34. The molecule has 224 valence electrons. The van der Waals surface area contributed by atoms with Crippen LogP contribution < -0.4 is 9.62 Å². The van der Waals surface area contributed by atoms with Gasteiger partial charge in [-0.05, 0) is 60.2 Å². The summed E-state index contributed by atoms with van der Waals surface area (Å²) in [6.07, 6.45) is 7.07. The maximum Gasteiger partial charge on any atom is 0.244 e. The predicted molar refractivity (Wildman–Crippen MR) is 164 cm³/mol. The molecule has 0 aliphatic heterocycles. The van der Waals surface area contributed by atoms with Gasteiger partial charge in [0.1, 0.15) is 18.4 Å². The quantitative estimate of drug-likeness (QED) is 0.311. The minimum atomic E-state index is -3.84. The van der Waals surface area contributed by atoms with E-state index in [1.807, 2.05) is 49.4 Å². The van der Waals surface area contributed by atoms with Gasteiger partial charge in [0.25, 0.3) is 0 Å². The van der Waals surface area contributed by atoms with Crippen LogP contribution in [0.5, 0.6) is 0 Å². The highest BCUT2D eigenvalue weighted by molar-refractivity contribution is 7.92. The van der Waals surface area contributed by atoms with Gasteiger partial charge in [-0.2, -0.15) is 0 Å².